The molecule has 0 bridgehead atoms. The fourth-order valence-electron chi connectivity index (χ4n) is 2.74. The van der Waals surface area contributed by atoms with Crippen LogP contribution in [0.5, 0.6) is 11.5 Å². The quantitative estimate of drug-likeness (QED) is 0.374. The highest BCUT2D eigenvalue weighted by molar-refractivity contribution is 7.89. The summed E-state index contributed by atoms with van der Waals surface area (Å²) in [6, 6.07) is 8.13. The number of thiophene rings is 1. The van der Waals surface area contributed by atoms with Crippen molar-refractivity contribution in [3.8, 4) is 22.3 Å². The summed E-state index contributed by atoms with van der Waals surface area (Å²) in [4.78, 5) is 17.0. The van der Waals surface area contributed by atoms with Gasteiger partial charge in [-0.15, -0.1) is 11.3 Å². The van der Waals surface area contributed by atoms with Crippen molar-refractivity contribution in [2.75, 3.05) is 19.8 Å². The van der Waals surface area contributed by atoms with E-state index in [0.29, 0.717) is 30.6 Å². The number of aromatic nitrogens is 2. The molecular formula is C19H19N3O7S2. The van der Waals surface area contributed by atoms with Gasteiger partial charge in [0, 0.05) is 19.0 Å². The van der Waals surface area contributed by atoms with E-state index in [0.717, 1.165) is 4.88 Å². The Kier molecular flexibility index (Phi) is 6.49. The molecule has 12 heteroatoms. The molecule has 3 aromatic rings. The molecule has 0 saturated heterocycles. The summed E-state index contributed by atoms with van der Waals surface area (Å²) in [6.45, 7) is 0.758. The minimum atomic E-state index is -3.73. The second-order valence-electron chi connectivity index (χ2n) is 6.46. The van der Waals surface area contributed by atoms with Crippen molar-refractivity contribution in [2.45, 2.75) is 24.3 Å². The van der Waals surface area contributed by atoms with E-state index in [9.17, 15) is 13.2 Å². The summed E-state index contributed by atoms with van der Waals surface area (Å²) in [5, 5.41) is 5.66. The fraction of sp³-hybridized carbons (Fsp3) is 0.316. The molecule has 0 fully saturated rings. The van der Waals surface area contributed by atoms with E-state index in [1.165, 1.54) is 23.5 Å². The molecule has 0 atom stereocenters. The first-order chi connectivity index (χ1) is 15.0. The van der Waals surface area contributed by atoms with Crippen molar-refractivity contribution in [3.05, 3.63) is 41.5 Å². The highest BCUT2D eigenvalue weighted by atomic mass is 32.2. The summed E-state index contributed by atoms with van der Waals surface area (Å²) < 4.78 is 48.3. The maximum atomic E-state index is 12.4. The molecule has 1 aliphatic heterocycles. The van der Waals surface area contributed by atoms with E-state index in [4.69, 9.17) is 18.7 Å². The van der Waals surface area contributed by atoms with Crippen LogP contribution in [0.2, 0.25) is 0 Å². The average Bonchev–Trinajstić information content (AvgIpc) is 3.47. The molecule has 31 heavy (non-hydrogen) atoms. The number of hydrogen-bond donors (Lipinski definition) is 1. The van der Waals surface area contributed by atoms with Crippen molar-refractivity contribution in [2.24, 2.45) is 0 Å². The minimum Gasteiger partial charge on any atom is -0.486 e. The summed E-state index contributed by atoms with van der Waals surface area (Å²) in [6.07, 6.45) is 0.314. The Labute approximate surface area is 182 Å². The maximum Gasteiger partial charge on any atom is 0.306 e. The minimum absolute atomic E-state index is 0.0410. The Hall–Kier alpha value is -2.96. The standard InChI is InChI=1S/C19H19N3O7S2/c23-18(28-12-17-21-19(29-22-17)16-3-2-10-30-16)4-1-7-20-31(24,25)13-5-6-14-15(11-13)27-9-8-26-14/h2-3,5-6,10-11,20H,1,4,7-9,12H2. The third-order valence-corrected chi connectivity index (χ3v) is 6.55. The predicted molar refractivity (Wildman–Crippen MR) is 109 cm³/mol. The van der Waals surface area contributed by atoms with Crippen LogP contribution < -0.4 is 14.2 Å². The van der Waals surface area contributed by atoms with E-state index >= 15 is 0 Å². The van der Waals surface area contributed by atoms with Gasteiger partial charge >= 0.3 is 5.97 Å². The van der Waals surface area contributed by atoms with Crippen molar-refractivity contribution < 1.29 is 31.9 Å². The number of rotatable bonds is 9. The fourth-order valence-corrected chi connectivity index (χ4v) is 4.48. The van der Waals surface area contributed by atoms with Gasteiger partial charge in [-0.05, 0) is 30.0 Å². The van der Waals surface area contributed by atoms with Gasteiger partial charge in [0.2, 0.25) is 15.8 Å². The van der Waals surface area contributed by atoms with E-state index < -0.39 is 16.0 Å². The molecule has 10 nitrogen and oxygen atoms in total. The van der Waals surface area contributed by atoms with Gasteiger partial charge in [0.15, 0.2) is 18.1 Å². The molecule has 164 valence electrons. The number of esters is 1. The number of ether oxygens (including phenoxy) is 3. The SMILES string of the molecule is O=C(CCCNS(=O)(=O)c1ccc2c(c1)OCCO2)OCc1noc(-c2cccs2)n1. The van der Waals surface area contributed by atoms with Crippen molar-refractivity contribution in [3.63, 3.8) is 0 Å². The Balaban J connectivity index is 1.20. The van der Waals surface area contributed by atoms with Crippen molar-refractivity contribution in [1.82, 2.24) is 14.9 Å². The van der Waals surface area contributed by atoms with Crippen LogP contribution in [0.15, 0.2) is 45.1 Å². The molecule has 1 N–H and O–H groups in total. The lowest BCUT2D eigenvalue weighted by Crippen LogP contribution is -2.25. The number of sulfonamides is 1. The largest absolute Gasteiger partial charge is 0.486 e. The number of nitrogens with one attached hydrogen (secondary N) is 1. The van der Waals surface area contributed by atoms with Crippen LogP contribution in [0.25, 0.3) is 10.8 Å². The number of hydrogen-bond acceptors (Lipinski definition) is 10. The Morgan fingerprint density at radius 1 is 1.19 bits per heavy atom. The maximum absolute atomic E-state index is 12.4. The lowest BCUT2D eigenvalue weighted by atomic mass is 10.3. The van der Waals surface area contributed by atoms with Gasteiger partial charge < -0.3 is 18.7 Å². The summed E-state index contributed by atoms with van der Waals surface area (Å²) in [7, 11) is -3.73. The molecule has 0 saturated carbocycles. The topological polar surface area (TPSA) is 130 Å². The van der Waals surface area contributed by atoms with Crippen LogP contribution in [0, 0.1) is 0 Å². The molecule has 0 aliphatic carbocycles. The number of carbonyl (C=O) groups excluding carboxylic acids is 1. The molecule has 0 unspecified atom stereocenters. The Morgan fingerprint density at radius 2 is 2.03 bits per heavy atom. The summed E-state index contributed by atoms with van der Waals surface area (Å²) >= 11 is 1.46. The summed E-state index contributed by atoms with van der Waals surface area (Å²) in [5.74, 6) is 1.05. The smallest absolute Gasteiger partial charge is 0.306 e. The van der Waals surface area contributed by atoms with Gasteiger partial charge in [0.25, 0.3) is 5.89 Å². The third-order valence-electron chi connectivity index (χ3n) is 4.24. The van der Waals surface area contributed by atoms with Crippen LogP contribution in [-0.2, 0) is 26.2 Å². The van der Waals surface area contributed by atoms with Gasteiger partial charge in [-0.2, -0.15) is 4.98 Å². The van der Waals surface area contributed by atoms with E-state index in [1.54, 1.807) is 6.07 Å². The lowest BCUT2D eigenvalue weighted by molar-refractivity contribution is -0.145. The van der Waals surface area contributed by atoms with E-state index in [2.05, 4.69) is 14.9 Å². The second-order valence-corrected chi connectivity index (χ2v) is 9.18. The molecule has 4 rings (SSSR count). The Morgan fingerprint density at radius 3 is 2.84 bits per heavy atom. The monoisotopic (exact) mass is 465 g/mol. The van der Waals surface area contributed by atoms with Crippen LogP contribution in [0.1, 0.15) is 18.7 Å². The van der Waals surface area contributed by atoms with Crippen LogP contribution >= 0.6 is 11.3 Å². The van der Waals surface area contributed by atoms with Gasteiger partial charge in [-0.25, -0.2) is 13.1 Å². The number of fused-ring (bicyclic) bond motifs is 1. The van der Waals surface area contributed by atoms with Crippen LogP contribution in [0.3, 0.4) is 0 Å². The first-order valence-corrected chi connectivity index (χ1v) is 11.8. The molecule has 0 radical (unpaired) electrons. The predicted octanol–water partition coefficient (Wildman–Crippen LogP) is 2.37. The molecule has 0 amide bonds. The van der Waals surface area contributed by atoms with Gasteiger partial charge in [-0.3, -0.25) is 4.79 Å². The molecule has 1 aliphatic rings. The van der Waals surface area contributed by atoms with Gasteiger partial charge in [0.05, 0.1) is 9.77 Å². The zero-order valence-corrected chi connectivity index (χ0v) is 17.9. The lowest BCUT2D eigenvalue weighted by Gasteiger charge is -2.18. The van der Waals surface area contributed by atoms with Crippen molar-refractivity contribution >= 4 is 27.3 Å². The molecular weight excluding hydrogens is 446 g/mol. The van der Waals surface area contributed by atoms with Crippen molar-refractivity contribution in [1.29, 1.82) is 0 Å². The highest BCUT2D eigenvalue weighted by Crippen LogP contribution is 2.32. The Bertz CT molecular complexity index is 1140. The van der Waals surface area contributed by atoms with E-state index in [1.807, 2.05) is 17.5 Å². The number of carbonyl (C=O) groups is 1. The first-order valence-electron chi connectivity index (χ1n) is 9.43. The highest BCUT2D eigenvalue weighted by Gasteiger charge is 2.19. The van der Waals surface area contributed by atoms with Crippen LogP contribution in [-0.4, -0.2) is 44.3 Å². The first kappa shape index (κ1) is 21.3. The summed E-state index contributed by atoms with van der Waals surface area (Å²) in [5.41, 5.74) is 0. The molecule has 3 heterocycles. The molecule has 0 spiro atoms. The normalized spacial score (nSPS) is 13.2. The molecule has 1 aromatic carbocycles. The number of benzene rings is 1. The number of nitrogens with zero attached hydrogens (tertiary/aromatic N) is 2. The average molecular weight is 466 g/mol. The molecule has 2 aromatic heterocycles. The van der Waals surface area contributed by atoms with Crippen LogP contribution in [0.4, 0.5) is 0 Å². The second kappa shape index (κ2) is 9.45. The zero-order valence-electron chi connectivity index (χ0n) is 16.3. The zero-order chi connectivity index (χ0) is 21.7. The van der Waals surface area contributed by atoms with E-state index in [-0.39, 0.29) is 36.7 Å². The van der Waals surface area contributed by atoms with Gasteiger partial charge in [0.1, 0.15) is 13.2 Å². The third kappa shape index (κ3) is 5.40. The van der Waals surface area contributed by atoms with Gasteiger partial charge in [-0.1, -0.05) is 11.2 Å².